The van der Waals surface area contributed by atoms with Gasteiger partial charge in [0.2, 0.25) is 10.0 Å². The molecule has 132 valence electrons. The van der Waals surface area contributed by atoms with E-state index >= 15 is 0 Å². The third-order valence-electron chi connectivity index (χ3n) is 4.51. The molecule has 2 saturated heterocycles. The van der Waals surface area contributed by atoms with Gasteiger partial charge in [-0.2, -0.15) is 4.31 Å². The highest BCUT2D eigenvalue weighted by Gasteiger charge is 2.34. The topological polar surface area (TPSA) is 66.9 Å². The van der Waals surface area contributed by atoms with E-state index in [0.717, 1.165) is 17.3 Å². The summed E-state index contributed by atoms with van der Waals surface area (Å²) >= 11 is 3.35. The molecule has 0 N–H and O–H groups in total. The van der Waals surface area contributed by atoms with Crippen molar-refractivity contribution in [2.24, 2.45) is 0 Å². The van der Waals surface area contributed by atoms with Crippen LogP contribution in [0.2, 0.25) is 0 Å². The fourth-order valence-electron chi connectivity index (χ4n) is 3.17. The van der Waals surface area contributed by atoms with Crippen molar-refractivity contribution < 1.29 is 17.9 Å². The average molecular weight is 417 g/mol. The third kappa shape index (κ3) is 3.51. The van der Waals surface area contributed by atoms with E-state index < -0.39 is 10.0 Å². The molecule has 2 fully saturated rings. The number of benzene rings is 1. The van der Waals surface area contributed by atoms with E-state index in [-0.39, 0.29) is 12.0 Å². The Labute approximate surface area is 150 Å². The first-order valence-corrected chi connectivity index (χ1v) is 10.3. The maximum Gasteiger partial charge on any atom is 0.251 e. The van der Waals surface area contributed by atoms with E-state index in [1.54, 1.807) is 30.0 Å². The highest BCUT2D eigenvalue weighted by atomic mass is 79.9. The number of rotatable bonds is 3. The summed E-state index contributed by atoms with van der Waals surface area (Å²) in [6, 6.07) is 5.15. The molecule has 0 saturated carbocycles. The van der Waals surface area contributed by atoms with Gasteiger partial charge in [0.05, 0.1) is 4.90 Å². The van der Waals surface area contributed by atoms with Crippen molar-refractivity contribution in [1.29, 1.82) is 0 Å². The highest BCUT2D eigenvalue weighted by molar-refractivity contribution is 9.10. The lowest BCUT2D eigenvalue weighted by Gasteiger charge is -2.35. The summed E-state index contributed by atoms with van der Waals surface area (Å²) in [6.07, 6.45) is 1.32. The molecular formula is C16H21BrN2O4S. The first-order chi connectivity index (χ1) is 11.4. The van der Waals surface area contributed by atoms with Crippen LogP contribution in [0, 0.1) is 6.92 Å². The van der Waals surface area contributed by atoms with Gasteiger partial charge in [-0.25, -0.2) is 8.42 Å². The van der Waals surface area contributed by atoms with E-state index in [1.165, 1.54) is 4.31 Å². The lowest BCUT2D eigenvalue weighted by atomic mass is 10.2. The summed E-state index contributed by atoms with van der Waals surface area (Å²) in [4.78, 5) is 14.4. The average Bonchev–Trinajstić information content (AvgIpc) is 3.08. The number of halogens is 1. The molecule has 1 aromatic carbocycles. The van der Waals surface area contributed by atoms with E-state index in [0.29, 0.717) is 43.2 Å². The maximum atomic E-state index is 12.8. The molecule has 1 aromatic rings. The molecule has 8 heteroatoms. The summed E-state index contributed by atoms with van der Waals surface area (Å²) in [5, 5.41) is 0. The molecule has 1 atom stereocenters. The molecular weight excluding hydrogens is 396 g/mol. The fourth-order valence-corrected chi connectivity index (χ4v) is 5.27. The molecule has 6 nitrogen and oxygen atoms in total. The number of hydrogen-bond acceptors (Lipinski definition) is 4. The Kier molecular flexibility index (Phi) is 5.29. The zero-order valence-corrected chi connectivity index (χ0v) is 16.0. The van der Waals surface area contributed by atoms with Crippen LogP contribution < -0.4 is 0 Å². The molecule has 0 spiro atoms. The van der Waals surface area contributed by atoms with E-state index in [9.17, 15) is 13.2 Å². The summed E-state index contributed by atoms with van der Waals surface area (Å²) in [5.74, 6) is -0.00984. The first-order valence-electron chi connectivity index (χ1n) is 8.06. The zero-order valence-electron chi connectivity index (χ0n) is 13.6. The molecule has 0 aliphatic carbocycles. The largest absolute Gasteiger partial charge is 0.368 e. The van der Waals surface area contributed by atoms with Crippen LogP contribution in [-0.2, 0) is 19.6 Å². The molecule has 0 bridgehead atoms. The van der Waals surface area contributed by atoms with Gasteiger partial charge in [0, 0.05) is 37.3 Å². The van der Waals surface area contributed by atoms with Crippen molar-refractivity contribution in [3.63, 3.8) is 0 Å². The molecule has 1 amide bonds. The van der Waals surface area contributed by atoms with Gasteiger partial charge in [-0.3, -0.25) is 4.79 Å². The predicted molar refractivity (Wildman–Crippen MR) is 93.2 cm³/mol. The molecule has 2 aliphatic rings. The van der Waals surface area contributed by atoms with Gasteiger partial charge in [-0.15, -0.1) is 0 Å². The van der Waals surface area contributed by atoms with Gasteiger partial charge < -0.3 is 9.64 Å². The van der Waals surface area contributed by atoms with Gasteiger partial charge in [-0.1, -0.05) is 15.9 Å². The normalized spacial score (nSPS) is 22.8. The van der Waals surface area contributed by atoms with E-state index in [4.69, 9.17) is 4.74 Å². The number of sulfonamides is 1. The SMILES string of the molecule is Cc1cc(Br)ccc1S(=O)(=O)N1CCN(C(=O)[C@H]2CCCO2)CC1. The quantitative estimate of drug-likeness (QED) is 0.752. The Bertz CT molecular complexity index is 724. The summed E-state index contributed by atoms with van der Waals surface area (Å²) in [7, 11) is -3.53. The number of ether oxygens (including phenoxy) is 1. The van der Waals surface area contributed by atoms with Crippen LogP contribution in [0.25, 0.3) is 0 Å². The number of carbonyl (C=O) groups excluding carboxylic acids is 1. The second-order valence-electron chi connectivity index (χ2n) is 6.14. The van der Waals surface area contributed by atoms with Crippen molar-refractivity contribution in [3.05, 3.63) is 28.2 Å². The van der Waals surface area contributed by atoms with Crippen molar-refractivity contribution in [3.8, 4) is 0 Å². The molecule has 0 radical (unpaired) electrons. The highest BCUT2D eigenvalue weighted by Crippen LogP contribution is 2.24. The minimum atomic E-state index is -3.53. The van der Waals surface area contributed by atoms with Gasteiger partial charge in [0.1, 0.15) is 6.10 Å². The first kappa shape index (κ1) is 17.8. The minimum Gasteiger partial charge on any atom is -0.368 e. The number of amides is 1. The Morgan fingerprint density at radius 2 is 1.96 bits per heavy atom. The van der Waals surface area contributed by atoms with Crippen molar-refractivity contribution in [1.82, 2.24) is 9.21 Å². The Hall–Kier alpha value is -0.960. The Morgan fingerprint density at radius 3 is 2.54 bits per heavy atom. The zero-order chi connectivity index (χ0) is 17.3. The maximum absolute atomic E-state index is 12.8. The fraction of sp³-hybridized carbons (Fsp3) is 0.562. The molecule has 0 aromatic heterocycles. The van der Waals surface area contributed by atoms with Crippen molar-refractivity contribution in [2.75, 3.05) is 32.8 Å². The van der Waals surface area contributed by atoms with Crippen molar-refractivity contribution in [2.45, 2.75) is 30.8 Å². The summed E-state index contributed by atoms with van der Waals surface area (Å²) < 4.78 is 33.4. The summed E-state index contributed by atoms with van der Waals surface area (Å²) in [5.41, 5.74) is 0.710. The standard InChI is InChI=1S/C16H21BrN2O4S/c1-12-11-13(17)4-5-15(12)24(21,22)19-8-6-18(7-9-19)16(20)14-3-2-10-23-14/h4-5,11,14H,2-3,6-10H2,1H3/t14-/m1/s1. The van der Waals surface area contributed by atoms with Crippen LogP contribution in [0.15, 0.2) is 27.6 Å². The molecule has 0 unspecified atom stereocenters. The summed E-state index contributed by atoms with van der Waals surface area (Å²) in [6.45, 7) is 3.87. The lowest BCUT2D eigenvalue weighted by molar-refractivity contribution is -0.142. The van der Waals surface area contributed by atoms with Gasteiger partial charge >= 0.3 is 0 Å². The van der Waals surface area contributed by atoms with E-state index in [2.05, 4.69) is 15.9 Å². The minimum absolute atomic E-state index is 0.00984. The lowest BCUT2D eigenvalue weighted by Crippen LogP contribution is -2.52. The number of piperazine rings is 1. The van der Waals surface area contributed by atoms with Crippen LogP contribution in [0.3, 0.4) is 0 Å². The third-order valence-corrected chi connectivity index (χ3v) is 7.06. The smallest absolute Gasteiger partial charge is 0.251 e. The second kappa shape index (κ2) is 7.11. The van der Waals surface area contributed by atoms with Crippen molar-refractivity contribution >= 4 is 31.9 Å². The Balaban J connectivity index is 1.68. The number of hydrogen-bond donors (Lipinski definition) is 0. The molecule has 3 rings (SSSR count). The van der Waals surface area contributed by atoms with Crippen LogP contribution in [0.1, 0.15) is 18.4 Å². The monoisotopic (exact) mass is 416 g/mol. The Morgan fingerprint density at radius 1 is 1.25 bits per heavy atom. The number of aryl methyl sites for hydroxylation is 1. The van der Waals surface area contributed by atoms with Gasteiger partial charge in [-0.05, 0) is 43.5 Å². The van der Waals surface area contributed by atoms with Crippen LogP contribution in [-0.4, -0.2) is 62.4 Å². The number of nitrogens with zero attached hydrogens (tertiary/aromatic N) is 2. The van der Waals surface area contributed by atoms with Crippen LogP contribution >= 0.6 is 15.9 Å². The van der Waals surface area contributed by atoms with E-state index in [1.807, 2.05) is 0 Å². The van der Waals surface area contributed by atoms with Gasteiger partial charge in [0.25, 0.3) is 5.91 Å². The van der Waals surface area contributed by atoms with Gasteiger partial charge in [0.15, 0.2) is 0 Å². The molecule has 2 aliphatic heterocycles. The van der Waals surface area contributed by atoms with Crippen LogP contribution in [0.4, 0.5) is 0 Å². The second-order valence-corrected chi connectivity index (χ2v) is 8.96. The predicted octanol–water partition coefficient (Wildman–Crippen LogP) is 1.77. The number of carbonyl (C=O) groups is 1. The van der Waals surface area contributed by atoms with Crippen LogP contribution in [0.5, 0.6) is 0 Å². The molecule has 24 heavy (non-hydrogen) atoms. The molecule has 2 heterocycles.